The molecule has 0 radical (unpaired) electrons. The predicted molar refractivity (Wildman–Crippen MR) is 109 cm³/mol. The van der Waals surface area contributed by atoms with E-state index in [2.05, 4.69) is 72.8 Å². The van der Waals surface area contributed by atoms with E-state index in [1.165, 1.54) is 23.2 Å². The van der Waals surface area contributed by atoms with Crippen LogP contribution in [0.2, 0.25) is 12.1 Å². The molecule has 0 amide bonds. The molecule has 0 saturated heterocycles. The van der Waals surface area contributed by atoms with Crippen molar-refractivity contribution < 1.29 is 0 Å². The molecule has 0 saturated carbocycles. The van der Waals surface area contributed by atoms with Crippen molar-refractivity contribution >= 4 is 59.4 Å². The summed E-state index contributed by atoms with van der Waals surface area (Å²) in [6.45, 7) is 0. The summed E-state index contributed by atoms with van der Waals surface area (Å²) in [4.78, 5) is 0. The number of benzene rings is 2. The Labute approximate surface area is 165 Å². The second-order valence-electron chi connectivity index (χ2n) is 6.12. The number of rotatable bonds is 4. The van der Waals surface area contributed by atoms with Crippen molar-refractivity contribution in [3.8, 4) is 0 Å². The Balaban J connectivity index is 0.000000960. The fourth-order valence-electron chi connectivity index (χ4n) is 3.71. The predicted octanol–water partition coefficient (Wildman–Crippen LogP) is 3.32. The van der Waals surface area contributed by atoms with Crippen LogP contribution in [0.1, 0.15) is 34.1 Å². The van der Waals surface area contributed by atoms with Gasteiger partial charge in [-0.3, -0.25) is 0 Å². The van der Waals surface area contributed by atoms with Gasteiger partial charge in [0.25, 0.3) is 0 Å². The maximum atomic E-state index is 2.41. The van der Waals surface area contributed by atoms with Crippen LogP contribution in [0.25, 0.3) is 12.2 Å². The van der Waals surface area contributed by atoms with Crippen LogP contribution in [0.5, 0.6) is 0 Å². The summed E-state index contributed by atoms with van der Waals surface area (Å²) in [6, 6.07) is 20.5. The Morgan fingerprint density at radius 3 is 1.57 bits per heavy atom. The molecule has 2 aromatic carbocycles. The molecule has 0 nitrogen and oxygen atoms in total. The van der Waals surface area contributed by atoms with Crippen LogP contribution in [0.3, 0.4) is 0 Å². The molecule has 3 heteroatoms. The van der Waals surface area contributed by atoms with Crippen LogP contribution >= 0.6 is 0 Å². The Hall–Kier alpha value is -0.668. The summed E-state index contributed by atoms with van der Waals surface area (Å²) in [5.41, 5.74) is 5.96. The van der Waals surface area contributed by atoms with Gasteiger partial charge < -0.3 is 0 Å². The Morgan fingerprint density at radius 1 is 0.652 bits per heavy atom. The summed E-state index contributed by atoms with van der Waals surface area (Å²) in [7, 11) is -0.0290. The number of hydrogen-bond donors (Lipinski definition) is 0. The van der Waals surface area contributed by atoms with Crippen molar-refractivity contribution in [1.29, 1.82) is 0 Å². The van der Waals surface area contributed by atoms with Crippen molar-refractivity contribution in [3.63, 3.8) is 0 Å². The Bertz CT molecular complexity index is 660. The standard InChI is InChI=1S/C20H20Si.2Li.2H/c1-3-7-19-15(5-1)9-11-17(19)13-21-14-18-12-10-16-6-2-4-8-20(16)18;;;;/h1-12,17-18H,13-14,21H2;;;;. The molecule has 0 aromatic heterocycles. The van der Waals surface area contributed by atoms with Gasteiger partial charge in [-0.1, -0.05) is 84.9 Å². The second kappa shape index (κ2) is 8.44. The molecule has 2 aliphatic carbocycles. The van der Waals surface area contributed by atoms with Gasteiger partial charge in [-0.2, -0.15) is 0 Å². The minimum absolute atomic E-state index is 0. The third-order valence-electron chi connectivity index (χ3n) is 4.84. The molecule has 0 bridgehead atoms. The molecular formula is C20H22Li2Si. The quantitative estimate of drug-likeness (QED) is 0.760. The first-order valence-corrected chi connectivity index (χ1v) is 9.96. The van der Waals surface area contributed by atoms with Crippen molar-refractivity contribution in [2.75, 3.05) is 0 Å². The van der Waals surface area contributed by atoms with Crippen molar-refractivity contribution in [2.24, 2.45) is 0 Å². The van der Waals surface area contributed by atoms with Crippen LogP contribution in [-0.2, 0) is 0 Å². The molecule has 2 aromatic rings. The van der Waals surface area contributed by atoms with E-state index in [0.717, 1.165) is 0 Å². The van der Waals surface area contributed by atoms with E-state index < -0.39 is 0 Å². The molecule has 0 fully saturated rings. The van der Waals surface area contributed by atoms with Gasteiger partial charge in [-0.05, 0) is 34.1 Å². The fraction of sp³-hybridized carbons (Fsp3) is 0.200. The maximum absolute atomic E-state index is 2.41. The van der Waals surface area contributed by atoms with E-state index in [4.69, 9.17) is 0 Å². The van der Waals surface area contributed by atoms with Gasteiger partial charge >= 0.3 is 37.7 Å². The summed E-state index contributed by atoms with van der Waals surface area (Å²) in [5, 5.41) is 0. The summed E-state index contributed by atoms with van der Waals surface area (Å²) < 4.78 is 0. The molecule has 0 heterocycles. The fourth-order valence-corrected chi connectivity index (χ4v) is 5.83. The van der Waals surface area contributed by atoms with Crippen LogP contribution in [0.15, 0.2) is 60.7 Å². The van der Waals surface area contributed by atoms with Crippen LogP contribution < -0.4 is 0 Å². The topological polar surface area (TPSA) is 0 Å². The molecular weight excluding hydrogens is 282 g/mol. The average molecular weight is 304 g/mol. The molecule has 0 N–H and O–H groups in total. The molecule has 0 aliphatic heterocycles. The molecule has 2 atom stereocenters. The van der Waals surface area contributed by atoms with E-state index in [9.17, 15) is 0 Å². The van der Waals surface area contributed by atoms with Gasteiger partial charge in [0.2, 0.25) is 0 Å². The average Bonchev–Trinajstić information content (AvgIpc) is 3.13. The molecule has 108 valence electrons. The molecule has 2 aliphatic rings. The van der Waals surface area contributed by atoms with Gasteiger partial charge in [-0.25, -0.2) is 0 Å². The first-order chi connectivity index (χ1) is 10.4. The van der Waals surface area contributed by atoms with E-state index in [-0.39, 0.29) is 47.2 Å². The van der Waals surface area contributed by atoms with Gasteiger partial charge in [0.15, 0.2) is 0 Å². The van der Waals surface area contributed by atoms with E-state index in [0.29, 0.717) is 11.8 Å². The summed E-state index contributed by atoms with van der Waals surface area (Å²) in [5.74, 6) is 1.38. The number of allylic oxidation sites excluding steroid dienone is 2. The van der Waals surface area contributed by atoms with E-state index in [1.807, 2.05) is 0 Å². The third kappa shape index (κ3) is 3.88. The normalized spacial score (nSPS) is 20.2. The van der Waals surface area contributed by atoms with E-state index in [1.54, 1.807) is 11.1 Å². The molecule has 2 unspecified atom stereocenters. The minimum atomic E-state index is -0.0290. The second-order valence-corrected chi connectivity index (χ2v) is 7.98. The summed E-state index contributed by atoms with van der Waals surface area (Å²) in [6.07, 6.45) is 9.44. The van der Waals surface area contributed by atoms with Gasteiger partial charge in [0.05, 0.1) is 0 Å². The van der Waals surface area contributed by atoms with Crippen LogP contribution in [0.4, 0.5) is 0 Å². The Kier molecular flexibility index (Phi) is 6.85. The van der Waals surface area contributed by atoms with Crippen molar-refractivity contribution in [3.05, 3.63) is 82.9 Å². The van der Waals surface area contributed by atoms with Crippen LogP contribution in [-0.4, -0.2) is 47.2 Å². The zero-order valence-electron chi connectivity index (χ0n) is 12.2. The zero-order chi connectivity index (χ0) is 14.1. The van der Waals surface area contributed by atoms with E-state index >= 15 is 0 Å². The van der Waals surface area contributed by atoms with Gasteiger partial charge in [0, 0.05) is 9.52 Å². The summed E-state index contributed by atoms with van der Waals surface area (Å²) >= 11 is 0. The SMILES string of the molecule is C1=CC(C[SiH2]CC2C=Cc3ccccc32)c2ccccc21.[LiH].[LiH]. The third-order valence-corrected chi connectivity index (χ3v) is 6.90. The number of fused-ring (bicyclic) bond motifs is 2. The van der Waals surface area contributed by atoms with Crippen molar-refractivity contribution in [2.45, 2.75) is 23.9 Å². The zero-order valence-corrected chi connectivity index (χ0v) is 13.6. The number of hydrogen-bond acceptors (Lipinski definition) is 0. The van der Waals surface area contributed by atoms with Crippen molar-refractivity contribution in [1.82, 2.24) is 0 Å². The van der Waals surface area contributed by atoms with Gasteiger partial charge in [-0.15, -0.1) is 0 Å². The molecule has 4 rings (SSSR count). The Morgan fingerprint density at radius 2 is 1.09 bits per heavy atom. The molecule has 0 spiro atoms. The van der Waals surface area contributed by atoms with Gasteiger partial charge in [0.1, 0.15) is 0 Å². The first-order valence-electron chi connectivity index (χ1n) is 7.96. The first kappa shape index (κ1) is 18.7. The monoisotopic (exact) mass is 304 g/mol. The van der Waals surface area contributed by atoms with Crippen LogP contribution in [0, 0.1) is 0 Å². The molecule has 23 heavy (non-hydrogen) atoms.